The van der Waals surface area contributed by atoms with Crippen molar-refractivity contribution in [1.29, 1.82) is 0 Å². The molecule has 20 heavy (non-hydrogen) atoms. The van der Waals surface area contributed by atoms with Crippen molar-refractivity contribution in [3.8, 4) is 0 Å². The molecule has 1 aliphatic carbocycles. The Balaban J connectivity index is 1.81. The minimum Gasteiger partial charge on any atom is -0.321 e. The molecule has 2 fully saturated rings. The first-order valence-electron chi connectivity index (χ1n) is 7.82. The van der Waals surface area contributed by atoms with Crippen LogP contribution >= 0.6 is 0 Å². The van der Waals surface area contributed by atoms with Gasteiger partial charge in [0.2, 0.25) is 5.91 Å². The van der Waals surface area contributed by atoms with E-state index in [2.05, 4.69) is 48.3 Å². The zero-order chi connectivity index (χ0) is 14.2. The van der Waals surface area contributed by atoms with E-state index in [1.807, 2.05) is 0 Å². The lowest BCUT2D eigenvalue weighted by atomic mass is 10.1. The average Bonchev–Trinajstić information content (AvgIpc) is 3.16. The fourth-order valence-corrected chi connectivity index (χ4v) is 3.14. The Morgan fingerprint density at radius 1 is 1.35 bits per heavy atom. The van der Waals surface area contributed by atoms with E-state index in [1.165, 1.54) is 24.0 Å². The van der Waals surface area contributed by atoms with E-state index in [0.29, 0.717) is 5.91 Å². The standard InChI is InChI=1S/C17H24N2O/c1-3-4-5-11-19-15(14-8-6-7-13(2)12-14)18-17(9-10-17)16(19)20/h6-8,12,15,18H,3-5,9-11H2,1-2H3. The zero-order valence-corrected chi connectivity index (χ0v) is 12.5. The lowest BCUT2D eigenvalue weighted by Gasteiger charge is -2.24. The highest BCUT2D eigenvalue weighted by Crippen LogP contribution is 2.46. The van der Waals surface area contributed by atoms with Gasteiger partial charge in [0.1, 0.15) is 11.7 Å². The Bertz CT molecular complexity index is 507. The molecule has 3 nitrogen and oxygen atoms in total. The molecule has 0 aromatic heterocycles. The van der Waals surface area contributed by atoms with Gasteiger partial charge >= 0.3 is 0 Å². The van der Waals surface area contributed by atoms with Crippen molar-refractivity contribution in [2.24, 2.45) is 0 Å². The van der Waals surface area contributed by atoms with Crippen LogP contribution in [0.5, 0.6) is 0 Å². The normalized spacial score (nSPS) is 23.6. The monoisotopic (exact) mass is 272 g/mol. The van der Waals surface area contributed by atoms with Crippen LogP contribution in [0.2, 0.25) is 0 Å². The first-order valence-corrected chi connectivity index (χ1v) is 7.82. The molecule has 1 saturated carbocycles. The second kappa shape index (κ2) is 5.21. The summed E-state index contributed by atoms with van der Waals surface area (Å²) in [5.41, 5.74) is 2.25. The SMILES string of the molecule is CCCCCN1C(=O)C2(CC2)NC1c1cccc(C)c1. The number of hydrogen-bond acceptors (Lipinski definition) is 2. The van der Waals surface area contributed by atoms with Crippen LogP contribution in [0.4, 0.5) is 0 Å². The summed E-state index contributed by atoms with van der Waals surface area (Å²) < 4.78 is 0. The largest absolute Gasteiger partial charge is 0.321 e. The molecule has 1 aromatic rings. The van der Waals surface area contributed by atoms with Crippen LogP contribution in [0, 0.1) is 6.92 Å². The second-order valence-electron chi connectivity index (χ2n) is 6.25. The van der Waals surface area contributed by atoms with Gasteiger partial charge in [-0.3, -0.25) is 10.1 Å². The highest BCUT2D eigenvalue weighted by atomic mass is 16.2. The van der Waals surface area contributed by atoms with E-state index < -0.39 is 0 Å². The highest BCUT2D eigenvalue weighted by Gasteiger charge is 2.59. The number of amides is 1. The van der Waals surface area contributed by atoms with Crippen molar-refractivity contribution in [1.82, 2.24) is 10.2 Å². The maximum Gasteiger partial charge on any atom is 0.244 e. The third-order valence-electron chi connectivity index (χ3n) is 4.51. The smallest absolute Gasteiger partial charge is 0.244 e. The van der Waals surface area contributed by atoms with Crippen LogP contribution in [-0.2, 0) is 4.79 Å². The molecule has 108 valence electrons. The third-order valence-corrected chi connectivity index (χ3v) is 4.51. The van der Waals surface area contributed by atoms with Gasteiger partial charge in [-0.25, -0.2) is 0 Å². The number of rotatable bonds is 5. The second-order valence-corrected chi connectivity index (χ2v) is 6.25. The number of benzene rings is 1. The fraction of sp³-hybridized carbons (Fsp3) is 0.588. The van der Waals surface area contributed by atoms with Gasteiger partial charge in [0.25, 0.3) is 0 Å². The molecule has 1 spiro atoms. The first kappa shape index (κ1) is 13.6. The number of carbonyl (C=O) groups is 1. The number of unbranched alkanes of at least 4 members (excludes halogenated alkanes) is 2. The quantitative estimate of drug-likeness (QED) is 0.835. The molecule has 3 heteroatoms. The van der Waals surface area contributed by atoms with Gasteiger partial charge in [0, 0.05) is 6.54 Å². The molecule has 1 unspecified atom stereocenters. The number of carbonyl (C=O) groups excluding carboxylic acids is 1. The van der Waals surface area contributed by atoms with Crippen molar-refractivity contribution in [2.75, 3.05) is 6.54 Å². The van der Waals surface area contributed by atoms with Gasteiger partial charge in [-0.15, -0.1) is 0 Å². The number of nitrogens with one attached hydrogen (secondary N) is 1. The summed E-state index contributed by atoms with van der Waals surface area (Å²) in [5, 5.41) is 3.59. The van der Waals surface area contributed by atoms with Crippen LogP contribution < -0.4 is 5.32 Å². The summed E-state index contributed by atoms with van der Waals surface area (Å²) in [7, 11) is 0. The van der Waals surface area contributed by atoms with Gasteiger partial charge < -0.3 is 4.90 Å². The van der Waals surface area contributed by atoms with E-state index in [9.17, 15) is 4.79 Å². The molecule has 1 N–H and O–H groups in total. The Labute approximate surface area is 121 Å². The van der Waals surface area contributed by atoms with Crippen LogP contribution in [-0.4, -0.2) is 22.9 Å². The van der Waals surface area contributed by atoms with Crippen LogP contribution in [0.25, 0.3) is 0 Å². The van der Waals surface area contributed by atoms with Gasteiger partial charge in [0.15, 0.2) is 0 Å². The van der Waals surface area contributed by atoms with Crippen LogP contribution in [0.1, 0.15) is 56.3 Å². The number of aryl methyl sites for hydroxylation is 1. The van der Waals surface area contributed by atoms with E-state index >= 15 is 0 Å². The van der Waals surface area contributed by atoms with Gasteiger partial charge in [-0.2, -0.15) is 0 Å². The summed E-state index contributed by atoms with van der Waals surface area (Å²) in [6.45, 7) is 5.18. The summed E-state index contributed by atoms with van der Waals surface area (Å²) in [6.07, 6.45) is 5.55. The summed E-state index contributed by atoms with van der Waals surface area (Å²) in [4.78, 5) is 14.7. The Morgan fingerprint density at radius 3 is 2.80 bits per heavy atom. The van der Waals surface area contributed by atoms with Crippen molar-refractivity contribution in [2.45, 2.75) is 57.7 Å². The average molecular weight is 272 g/mol. The number of nitrogens with zero attached hydrogens (tertiary/aromatic N) is 1. The molecule has 1 atom stereocenters. The summed E-state index contributed by atoms with van der Waals surface area (Å²) >= 11 is 0. The molecule has 0 radical (unpaired) electrons. The van der Waals surface area contributed by atoms with Crippen molar-refractivity contribution in [3.63, 3.8) is 0 Å². The van der Waals surface area contributed by atoms with E-state index in [1.54, 1.807) is 0 Å². The molecule has 1 saturated heterocycles. The van der Waals surface area contributed by atoms with E-state index in [4.69, 9.17) is 0 Å². The summed E-state index contributed by atoms with van der Waals surface area (Å²) in [6, 6.07) is 8.51. The predicted molar refractivity (Wildman–Crippen MR) is 80.3 cm³/mol. The van der Waals surface area contributed by atoms with E-state index in [-0.39, 0.29) is 11.7 Å². The zero-order valence-electron chi connectivity index (χ0n) is 12.5. The Morgan fingerprint density at radius 2 is 2.15 bits per heavy atom. The number of hydrogen-bond donors (Lipinski definition) is 1. The first-order chi connectivity index (χ1) is 9.66. The lowest BCUT2D eigenvalue weighted by Crippen LogP contribution is -2.33. The van der Waals surface area contributed by atoms with Gasteiger partial charge in [0.05, 0.1) is 0 Å². The maximum absolute atomic E-state index is 12.6. The highest BCUT2D eigenvalue weighted by molar-refractivity contribution is 5.92. The minimum absolute atomic E-state index is 0.0711. The Hall–Kier alpha value is -1.35. The Kier molecular flexibility index (Phi) is 3.55. The van der Waals surface area contributed by atoms with Crippen molar-refractivity contribution >= 4 is 5.91 Å². The molecule has 1 aromatic carbocycles. The molecular weight excluding hydrogens is 248 g/mol. The van der Waals surface area contributed by atoms with Crippen LogP contribution in [0.3, 0.4) is 0 Å². The topological polar surface area (TPSA) is 32.3 Å². The molecule has 1 heterocycles. The summed E-state index contributed by atoms with van der Waals surface area (Å²) in [5.74, 6) is 0.320. The molecule has 0 bridgehead atoms. The van der Waals surface area contributed by atoms with Crippen LogP contribution in [0.15, 0.2) is 24.3 Å². The predicted octanol–water partition coefficient (Wildman–Crippen LogP) is 3.15. The molecule has 1 amide bonds. The van der Waals surface area contributed by atoms with Gasteiger partial charge in [-0.05, 0) is 31.7 Å². The minimum atomic E-state index is -0.222. The van der Waals surface area contributed by atoms with Crippen molar-refractivity contribution in [3.05, 3.63) is 35.4 Å². The van der Waals surface area contributed by atoms with E-state index in [0.717, 1.165) is 25.8 Å². The van der Waals surface area contributed by atoms with Crippen molar-refractivity contribution < 1.29 is 4.79 Å². The lowest BCUT2D eigenvalue weighted by molar-refractivity contribution is -0.130. The molecule has 3 rings (SSSR count). The molecule has 1 aliphatic heterocycles. The molecule has 2 aliphatic rings. The maximum atomic E-state index is 12.6. The molecular formula is C17H24N2O. The van der Waals surface area contributed by atoms with Gasteiger partial charge in [-0.1, -0.05) is 49.6 Å². The third kappa shape index (κ3) is 2.35. The fourth-order valence-electron chi connectivity index (χ4n) is 3.14.